The number of hydrogen-bond acceptors (Lipinski definition) is 3. The minimum atomic E-state index is -0.624. The number of para-hydroxylation sites is 2. The lowest BCUT2D eigenvalue weighted by Gasteiger charge is -2.40. The molecule has 0 saturated carbocycles. The van der Waals surface area contributed by atoms with Crippen LogP contribution in [0.2, 0.25) is 0 Å². The fourth-order valence-corrected chi connectivity index (χ4v) is 12.1. The van der Waals surface area contributed by atoms with Gasteiger partial charge in [0.15, 0.2) is 0 Å². The summed E-state index contributed by atoms with van der Waals surface area (Å²) in [6.07, 6.45) is 0. The number of rotatable bonds is 6. The summed E-state index contributed by atoms with van der Waals surface area (Å²) in [4.78, 5) is 2.40. The second-order valence-corrected chi connectivity index (χ2v) is 19.1. The summed E-state index contributed by atoms with van der Waals surface area (Å²) < 4.78 is 13.4. The monoisotopic (exact) mass is 917 g/mol. The summed E-state index contributed by atoms with van der Waals surface area (Å²) in [6, 6.07) is 94.7. The van der Waals surface area contributed by atoms with Crippen LogP contribution in [0.15, 0.2) is 265 Å². The van der Waals surface area contributed by atoms with Crippen molar-refractivity contribution in [3.05, 3.63) is 283 Å². The van der Waals surface area contributed by atoms with Crippen molar-refractivity contribution in [2.24, 2.45) is 0 Å². The van der Waals surface area contributed by atoms with E-state index >= 15 is 0 Å². The first-order valence-electron chi connectivity index (χ1n) is 24.7. The highest BCUT2D eigenvalue weighted by Gasteiger charge is 2.52. The van der Waals surface area contributed by atoms with E-state index in [1.165, 1.54) is 27.8 Å². The van der Waals surface area contributed by atoms with Crippen molar-refractivity contribution in [1.29, 1.82) is 0 Å². The number of anilines is 3. The van der Waals surface area contributed by atoms with Crippen LogP contribution < -0.4 is 9.64 Å². The molecule has 336 valence electrons. The summed E-state index contributed by atoms with van der Waals surface area (Å²) in [5, 5.41) is 6.80. The molecule has 0 amide bonds. The molecule has 13 aromatic rings. The van der Waals surface area contributed by atoms with Crippen LogP contribution in [0, 0.1) is 0 Å². The van der Waals surface area contributed by atoms with Gasteiger partial charge in [-0.2, -0.15) is 0 Å². The molecule has 3 heteroatoms. The van der Waals surface area contributed by atoms with Gasteiger partial charge in [-0.1, -0.05) is 212 Å². The van der Waals surface area contributed by atoms with E-state index in [2.05, 4.69) is 254 Å². The van der Waals surface area contributed by atoms with E-state index in [1.54, 1.807) is 0 Å². The topological polar surface area (TPSA) is 25.6 Å². The zero-order valence-corrected chi connectivity index (χ0v) is 39.1. The van der Waals surface area contributed by atoms with Crippen molar-refractivity contribution in [2.45, 2.75) is 5.41 Å². The third kappa shape index (κ3) is 5.92. The first-order chi connectivity index (χ1) is 35.7. The van der Waals surface area contributed by atoms with Crippen LogP contribution in [0.3, 0.4) is 0 Å². The maximum absolute atomic E-state index is 7.23. The molecule has 0 fully saturated rings. The van der Waals surface area contributed by atoms with Crippen LogP contribution in [-0.4, -0.2) is 0 Å². The molecule has 12 aromatic carbocycles. The van der Waals surface area contributed by atoms with Gasteiger partial charge in [-0.3, -0.25) is 0 Å². The van der Waals surface area contributed by atoms with Crippen LogP contribution in [0.4, 0.5) is 17.1 Å². The third-order valence-corrected chi connectivity index (χ3v) is 15.3. The Kier molecular flexibility index (Phi) is 8.87. The molecule has 3 nitrogen and oxygen atoms in total. The molecule has 72 heavy (non-hydrogen) atoms. The van der Waals surface area contributed by atoms with Crippen molar-refractivity contribution in [3.63, 3.8) is 0 Å². The Morgan fingerprint density at radius 1 is 0.306 bits per heavy atom. The fourth-order valence-electron chi connectivity index (χ4n) is 12.1. The lowest BCUT2D eigenvalue weighted by Crippen LogP contribution is -2.32. The van der Waals surface area contributed by atoms with Crippen LogP contribution >= 0.6 is 0 Å². The van der Waals surface area contributed by atoms with Gasteiger partial charge in [0.1, 0.15) is 22.7 Å². The van der Waals surface area contributed by atoms with Crippen LogP contribution in [0.25, 0.3) is 88.0 Å². The Morgan fingerprint density at radius 2 is 0.833 bits per heavy atom. The van der Waals surface area contributed by atoms with Crippen LogP contribution in [0.1, 0.15) is 22.3 Å². The van der Waals surface area contributed by atoms with E-state index in [1.807, 2.05) is 12.1 Å². The van der Waals surface area contributed by atoms with E-state index in [4.69, 9.17) is 9.15 Å². The number of benzene rings is 12. The molecule has 0 bridgehead atoms. The Hall–Kier alpha value is -9.44. The normalized spacial score (nSPS) is 12.9. The molecule has 0 N–H and O–H groups in total. The van der Waals surface area contributed by atoms with Gasteiger partial charge in [0.2, 0.25) is 0 Å². The lowest BCUT2D eigenvalue weighted by molar-refractivity contribution is 0.447. The molecule has 1 aliphatic heterocycles. The number of fused-ring (bicyclic) bond motifs is 16. The van der Waals surface area contributed by atoms with E-state index < -0.39 is 5.41 Å². The second kappa shape index (κ2) is 15.8. The molecule has 0 saturated heterocycles. The van der Waals surface area contributed by atoms with Gasteiger partial charge in [-0.25, -0.2) is 0 Å². The van der Waals surface area contributed by atoms with Crippen LogP contribution in [-0.2, 0) is 5.41 Å². The molecule has 1 spiro atoms. The Labute approximate surface area is 417 Å². The average Bonchev–Trinajstić information content (AvgIpc) is 3.97. The first-order valence-corrected chi connectivity index (χ1v) is 24.7. The second-order valence-electron chi connectivity index (χ2n) is 19.1. The van der Waals surface area contributed by atoms with Gasteiger partial charge < -0.3 is 14.1 Å². The standard InChI is InChI=1S/C69H43NO2/c1-2-15-45(16-3-1)52-19-9-12-27-63(52)70(50-36-29-44(30-37-50)49-35-42-65-58(43-49)56-22-10-13-28-64(56)71-65)51-38-31-48(32-39-51)53-24-14-26-60-66(53)57-23-8-11-25-59(57)69(60)61-40-33-46-17-4-6-20-54(46)67(61)72-68-55-21-7-5-18-47(55)34-41-62(68)69/h1-43H. The SMILES string of the molecule is c1ccc(-c2ccccc2N(c2ccc(-c3ccc4oc5ccccc5c4c3)cc2)c2ccc(-c3cccc4c3-c3ccccc3C43c4ccc5ccccc5c4Oc4c3ccc3ccccc43)cc2)cc1. The van der Waals surface area contributed by atoms with Gasteiger partial charge in [0, 0.05) is 49.6 Å². The quantitative estimate of drug-likeness (QED) is 0.166. The number of ether oxygens (including phenoxy) is 1. The Bertz CT molecular complexity index is 4220. The number of hydrogen-bond donors (Lipinski definition) is 0. The first kappa shape index (κ1) is 40.4. The maximum Gasteiger partial charge on any atom is 0.140 e. The minimum Gasteiger partial charge on any atom is -0.456 e. The zero-order valence-electron chi connectivity index (χ0n) is 39.1. The van der Waals surface area contributed by atoms with Crippen molar-refractivity contribution < 1.29 is 9.15 Å². The van der Waals surface area contributed by atoms with Crippen molar-refractivity contribution in [2.75, 3.05) is 4.90 Å². The summed E-state index contributed by atoms with van der Waals surface area (Å²) in [7, 11) is 0. The summed E-state index contributed by atoms with van der Waals surface area (Å²) in [6.45, 7) is 0. The molecule has 1 aliphatic carbocycles. The van der Waals surface area contributed by atoms with Gasteiger partial charge >= 0.3 is 0 Å². The third-order valence-electron chi connectivity index (χ3n) is 15.3. The molecule has 2 heterocycles. The molecule has 0 unspecified atom stereocenters. The number of nitrogens with zero attached hydrogens (tertiary/aromatic N) is 1. The van der Waals surface area contributed by atoms with E-state index in [-0.39, 0.29) is 0 Å². The molecule has 2 aliphatic rings. The smallest absolute Gasteiger partial charge is 0.140 e. The average molecular weight is 918 g/mol. The van der Waals surface area contributed by atoms with Crippen LogP contribution in [0.5, 0.6) is 11.5 Å². The van der Waals surface area contributed by atoms with E-state index in [0.717, 1.165) is 111 Å². The summed E-state index contributed by atoms with van der Waals surface area (Å²) in [5.41, 5.74) is 18.7. The minimum absolute atomic E-state index is 0.624. The number of furan rings is 1. The molecule has 0 atom stereocenters. The molecule has 0 radical (unpaired) electrons. The lowest BCUT2D eigenvalue weighted by atomic mass is 9.65. The molecule has 1 aromatic heterocycles. The molecular formula is C69H43NO2. The van der Waals surface area contributed by atoms with Gasteiger partial charge in [-0.05, 0) is 109 Å². The van der Waals surface area contributed by atoms with Crippen molar-refractivity contribution >= 4 is 60.5 Å². The molecular weight excluding hydrogens is 875 g/mol. The highest BCUT2D eigenvalue weighted by atomic mass is 16.5. The van der Waals surface area contributed by atoms with Crippen molar-refractivity contribution in [1.82, 2.24) is 0 Å². The van der Waals surface area contributed by atoms with E-state index in [0.29, 0.717) is 0 Å². The van der Waals surface area contributed by atoms with Crippen molar-refractivity contribution in [3.8, 4) is 56.0 Å². The summed E-state index contributed by atoms with van der Waals surface area (Å²) in [5.74, 6) is 1.84. The van der Waals surface area contributed by atoms with Gasteiger partial charge in [0.05, 0.1) is 11.1 Å². The zero-order chi connectivity index (χ0) is 47.3. The van der Waals surface area contributed by atoms with Gasteiger partial charge in [-0.15, -0.1) is 0 Å². The Morgan fingerprint density at radius 3 is 1.56 bits per heavy atom. The largest absolute Gasteiger partial charge is 0.456 e. The van der Waals surface area contributed by atoms with Gasteiger partial charge in [0.25, 0.3) is 0 Å². The highest BCUT2D eigenvalue weighted by Crippen LogP contribution is 2.65. The van der Waals surface area contributed by atoms with E-state index in [9.17, 15) is 0 Å². The molecule has 15 rings (SSSR count). The highest BCUT2D eigenvalue weighted by molar-refractivity contribution is 6.07. The fraction of sp³-hybridized carbons (Fsp3) is 0.0145. The summed E-state index contributed by atoms with van der Waals surface area (Å²) >= 11 is 0. The Balaban J connectivity index is 0.890. The predicted octanol–water partition coefficient (Wildman–Crippen LogP) is 18.8. The maximum atomic E-state index is 7.23. The predicted molar refractivity (Wildman–Crippen MR) is 297 cm³/mol.